The lowest BCUT2D eigenvalue weighted by Gasteiger charge is -2.20. The molecule has 90 valence electrons. The molecule has 0 aromatic heterocycles. The molecule has 2 amide bonds. The van der Waals surface area contributed by atoms with Gasteiger partial charge < -0.3 is 15.3 Å². The molecule has 1 aliphatic rings. The number of hydrogen-bond acceptors (Lipinski definition) is 4. The fraction of sp³-hybridized carbons (Fsp3) is 0.667. The van der Waals surface area contributed by atoms with Gasteiger partial charge >= 0.3 is 5.97 Å². The number of nitrogens with zero attached hydrogens (tertiary/aromatic N) is 1. The Morgan fingerprint density at radius 3 is 2.81 bits per heavy atom. The van der Waals surface area contributed by atoms with Gasteiger partial charge in [0.1, 0.15) is 6.04 Å². The first-order valence-corrected chi connectivity index (χ1v) is 5.89. The molecule has 7 heteroatoms. The first-order valence-electron chi connectivity index (χ1n) is 4.90. The maximum Gasteiger partial charge on any atom is 0.303 e. The summed E-state index contributed by atoms with van der Waals surface area (Å²) in [5.41, 5.74) is 0. The summed E-state index contributed by atoms with van der Waals surface area (Å²) >= 11 is 1.09. The maximum atomic E-state index is 11.7. The molecule has 0 aromatic rings. The number of carbonyl (C=O) groups excluding carboxylic acids is 2. The Bertz CT molecular complexity index is 308. The Labute approximate surface area is 97.4 Å². The minimum Gasteiger partial charge on any atom is -0.481 e. The van der Waals surface area contributed by atoms with Crippen LogP contribution in [0.15, 0.2) is 0 Å². The zero-order valence-electron chi connectivity index (χ0n) is 8.93. The number of carboxylic acid groups (broad SMARTS) is 1. The van der Waals surface area contributed by atoms with Crippen LogP contribution in [-0.4, -0.2) is 52.5 Å². The molecule has 1 unspecified atom stereocenters. The molecule has 0 bridgehead atoms. The molecule has 0 aliphatic carbocycles. The van der Waals surface area contributed by atoms with Crippen LogP contribution in [0.3, 0.4) is 0 Å². The molecule has 16 heavy (non-hydrogen) atoms. The summed E-state index contributed by atoms with van der Waals surface area (Å²) in [6.07, 6.45) is 0.467. The lowest BCUT2D eigenvalue weighted by molar-refractivity contribution is -0.138. The zero-order chi connectivity index (χ0) is 12.1. The monoisotopic (exact) mass is 246 g/mol. The number of rotatable bonds is 5. The Morgan fingerprint density at radius 2 is 2.31 bits per heavy atom. The summed E-state index contributed by atoms with van der Waals surface area (Å²) < 4.78 is 0. The van der Waals surface area contributed by atoms with Crippen molar-refractivity contribution in [3.8, 4) is 0 Å². The lowest BCUT2D eigenvalue weighted by Crippen LogP contribution is -2.44. The number of aliphatic carboxylic acids is 1. The van der Waals surface area contributed by atoms with Gasteiger partial charge in [-0.1, -0.05) is 11.8 Å². The highest BCUT2D eigenvalue weighted by molar-refractivity contribution is 8.14. The van der Waals surface area contributed by atoms with E-state index in [9.17, 15) is 14.4 Å². The molecular weight excluding hydrogens is 232 g/mol. The second-order valence-corrected chi connectivity index (χ2v) is 4.55. The number of hydrogen-bond donors (Lipinski definition) is 2. The van der Waals surface area contributed by atoms with E-state index in [1.54, 1.807) is 7.05 Å². The molecule has 0 spiro atoms. The first kappa shape index (κ1) is 12.8. The van der Waals surface area contributed by atoms with Crippen molar-refractivity contribution in [3.05, 3.63) is 0 Å². The maximum absolute atomic E-state index is 11.7. The number of thioether (sulfide) groups is 1. The summed E-state index contributed by atoms with van der Waals surface area (Å²) in [5.74, 6) is -0.588. The van der Waals surface area contributed by atoms with E-state index in [1.807, 2.05) is 0 Å². The third-order valence-corrected chi connectivity index (χ3v) is 3.11. The molecule has 1 rings (SSSR count). The largest absolute Gasteiger partial charge is 0.481 e. The predicted octanol–water partition coefficient (Wildman–Crippen LogP) is 0.135. The molecule has 1 saturated heterocycles. The van der Waals surface area contributed by atoms with E-state index in [2.05, 4.69) is 5.32 Å². The quantitative estimate of drug-likeness (QED) is 0.720. The van der Waals surface area contributed by atoms with Crippen LogP contribution in [0.5, 0.6) is 0 Å². The smallest absolute Gasteiger partial charge is 0.303 e. The standard InChI is InChI=1S/C9H14N2O4S/c1-11(4-2-3-7(12)13)8(14)6-5-16-9(15)10-6/h6H,2-5H2,1H3,(H,10,15)(H,12,13). The van der Waals surface area contributed by atoms with Crippen molar-refractivity contribution in [2.45, 2.75) is 18.9 Å². The highest BCUT2D eigenvalue weighted by atomic mass is 32.2. The molecule has 6 nitrogen and oxygen atoms in total. The lowest BCUT2D eigenvalue weighted by atomic mass is 10.2. The van der Waals surface area contributed by atoms with Crippen molar-refractivity contribution in [1.29, 1.82) is 0 Å². The predicted molar refractivity (Wildman–Crippen MR) is 59.3 cm³/mol. The van der Waals surface area contributed by atoms with E-state index in [1.165, 1.54) is 4.90 Å². The normalized spacial score (nSPS) is 19.3. The molecule has 1 heterocycles. The second-order valence-electron chi connectivity index (χ2n) is 3.55. The van der Waals surface area contributed by atoms with Crippen LogP contribution >= 0.6 is 11.8 Å². The van der Waals surface area contributed by atoms with E-state index in [-0.39, 0.29) is 17.6 Å². The van der Waals surface area contributed by atoms with E-state index in [0.717, 1.165) is 11.8 Å². The van der Waals surface area contributed by atoms with Crippen molar-refractivity contribution in [1.82, 2.24) is 10.2 Å². The van der Waals surface area contributed by atoms with Gasteiger partial charge in [0.2, 0.25) is 5.91 Å². The van der Waals surface area contributed by atoms with E-state index < -0.39 is 12.0 Å². The van der Waals surface area contributed by atoms with Crippen molar-refractivity contribution < 1.29 is 19.5 Å². The minimum atomic E-state index is -0.870. The van der Waals surface area contributed by atoms with Crippen LogP contribution < -0.4 is 5.32 Å². The Balaban J connectivity index is 2.30. The van der Waals surface area contributed by atoms with Crippen molar-refractivity contribution in [2.75, 3.05) is 19.3 Å². The van der Waals surface area contributed by atoms with Gasteiger partial charge in [-0.05, 0) is 6.42 Å². The topological polar surface area (TPSA) is 86.7 Å². The zero-order valence-corrected chi connectivity index (χ0v) is 9.75. The van der Waals surface area contributed by atoms with Gasteiger partial charge in [0.15, 0.2) is 0 Å². The molecule has 1 atom stereocenters. The number of carboxylic acids is 1. The summed E-state index contributed by atoms with van der Waals surface area (Å²) in [6, 6.07) is -0.465. The highest BCUT2D eigenvalue weighted by Crippen LogP contribution is 2.14. The minimum absolute atomic E-state index is 0.0450. The van der Waals surface area contributed by atoms with Crippen molar-refractivity contribution >= 4 is 28.9 Å². The Hall–Kier alpha value is -1.24. The van der Waals surface area contributed by atoms with Crippen LogP contribution in [0.25, 0.3) is 0 Å². The molecule has 0 radical (unpaired) electrons. The Morgan fingerprint density at radius 1 is 1.62 bits per heavy atom. The van der Waals surface area contributed by atoms with Crippen LogP contribution in [0.4, 0.5) is 4.79 Å². The van der Waals surface area contributed by atoms with Gasteiger partial charge in [-0.15, -0.1) is 0 Å². The van der Waals surface area contributed by atoms with E-state index in [0.29, 0.717) is 18.7 Å². The average molecular weight is 246 g/mol. The first-order chi connectivity index (χ1) is 7.50. The number of nitrogens with one attached hydrogen (secondary N) is 1. The molecule has 0 saturated carbocycles. The molecular formula is C9H14N2O4S. The number of likely N-dealkylation sites (N-methyl/N-ethyl adjacent to an activating group) is 1. The summed E-state index contributed by atoms with van der Waals surface area (Å²) in [7, 11) is 1.61. The third kappa shape index (κ3) is 3.73. The SMILES string of the molecule is CN(CCCC(=O)O)C(=O)C1CSC(=O)N1. The van der Waals surface area contributed by atoms with E-state index >= 15 is 0 Å². The van der Waals surface area contributed by atoms with Crippen LogP contribution in [0.2, 0.25) is 0 Å². The van der Waals surface area contributed by atoms with Crippen LogP contribution in [0, 0.1) is 0 Å². The summed E-state index contributed by atoms with van der Waals surface area (Å²) in [6.45, 7) is 0.391. The molecule has 2 N–H and O–H groups in total. The van der Waals surface area contributed by atoms with Crippen LogP contribution in [0.1, 0.15) is 12.8 Å². The van der Waals surface area contributed by atoms with Crippen LogP contribution in [-0.2, 0) is 9.59 Å². The Kier molecular flexibility index (Phi) is 4.60. The second kappa shape index (κ2) is 5.74. The van der Waals surface area contributed by atoms with Gasteiger partial charge in [-0.2, -0.15) is 0 Å². The third-order valence-electron chi connectivity index (χ3n) is 2.23. The van der Waals surface area contributed by atoms with Gasteiger partial charge in [0, 0.05) is 25.8 Å². The number of carbonyl (C=O) groups is 3. The van der Waals surface area contributed by atoms with Gasteiger partial charge in [0.25, 0.3) is 5.24 Å². The number of amides is 2. The molecule has 1 fully saturated rings. The molecule has 1 aliphatic heterocycles. The molecule has 0 aromatic carbocycles. The fourth-order valence-electron chi connectivity index (χ4n) is 1.36. The average Bonchev–Trinajstić information content (AvgIpc) is 2.63. The summed E-state index contributed by atoms with van der Waals surface area (Å²) in [5, 5.41) is 10.8. The van der Waals surface area contributed by atoms with E-state index in [4.69, 9.17) is 5.11 Å². The van der Waals surface area contributed by atoms with Crippen molar-refractivity contribution in [3.63, 3.8) is 0 Å². The van der Waals surface area contributed by atoms with Crippen molar-refractivity contribution in [2.24, 2.45) is 0 Å². The van der Waals surface area contributed by atoms with Gasteiger partial charge in [0.05, 0.1) is 0 Å². The fourth-order valence-corrected chi connectivity index (χ4v) is 2.13. The highest BCUT2D eigenvalue weighted by Gasteiger charge is 2.29. The summed E-state index contributed by atoms with van der Waals surface area (Å²) in [4.78, 5) is 34.3. The van der Waals surface area contributed by atoms with Gasteiger partial charge in [-0.25, -0.2) is 0 Å². The van der Waals surface area contributed by atoms with Gasteiger partial charge in [-0.3, -0.25) is 14.4 Å².